The second kappa shape index (κ2) is 11.3. The highest BCUT2D eigenvalue weighted by Gasteiger charge is 2.54. The number of esters is 1. The van der Waals surface area contributed by atoms with E-state index in [1.165, 1.54) is 35.5 Å². The summed E-state index contributed by atoms with van der Waals surface area (Å²) in [6, 6.07) is -0.987. The Morgan fingerprint density at radius 1 is 1.44 bits per heavy atom. The topological polar surface area (TPSA) is 177 Å². The first-order valence-corrected chi connectivity index (χ1v) is 12.0. The number of carboxylic acids is 1. The van der Waals surface area contributed by atoms with Crippen LogP contribution < -0.4 is 10.6 Å². The van der Waals surface area contributed by atoms with Gasteiger partial charge in [-0.05, 0) is 0 Å². The molecule has 2 aliphatic heterocycles. The average molecular weight is 532 g/mol. The third-order valence-corrected chi connectivity index (χ3v) is 6.65. The highest BCUT2D eigenvalue weighted by molar-refractivity contribution is 8.00. The van der Waals surface area contributed by atoms with Crippen molar-refractivity contribution in [3.05, 3.63) is 27.9 Å². The number of thiazole rings is 1. The van der Waals surface area contributed by atoms with Gasteiger partial charge >= 0.3 is 11.9 Å². The van der Waals surface area contributed by atoms with E-state index >= 15 is 0 Å². The van der Waals surface area contributed by atoms with Gasteiger partial charge in [0.1, 0.15) is 41.5 Å². The number of nitrogens with one attached hydrogen (secondary N) is 2. The van der Waals surface area contributed by atoms with Gasteiger partial charge in [0.15, 0.2) is 0 Å². The lowest BCUT2D eigenvalue weighted by Crippen LogP contribution is -2.70. The second-order valence-electron chi connectivity index (χ2n) is 6.77. The van der Waals surface area contributed by atoms with Crippen LogP contribution in [0.15, 0.2) is 27.3 Å². The zero-order valence-electron chi connectivity index (χ0n) is 17.4. The lowest BCUT2D eigenvalue weighted by Gasteiger charge is -2.49. The minimum atomic E-state index is -1.34. The molecule has 3 amide bonds. The molecule has 0 saturated carbocycles. The summed E-state index contributed by atoms with van der Waals surface area (Å²) in [6.45, 7) is 0.943. The lowest BCUT2D eigenvalue weighted by atomic mass is 10.0. The van der Waals surface area contributed by atoms with Crippen molar-refractivity contribution in [3.63, 3.8) is 0 Å². The van der Waals surface area contributed by atoms with Crippen molar-refractivity contribution in [2.45, 2.75) is 24.6 Å². The number of alkyl halides is 1. The Hall–Kier alpha value is -3.17. The minimum Gasteiger partial charge on any atom is -0.477 e. The maximum Gasteiger partial charge on any atom is 0.352 e. The molecule has 3 rings (SSSR count). The van der Waals surface area contributed by atoms with Crippen molar-refractivity contribution < 1.29 is 38.7 Å². The third kappa shape index (κ3) is 5.84. The Kier molecular flexibility index (Phi) is 8.46. The van der Waals surface area contributed by atoms with Gasteiger partial charge in [-0.2, -0.15) is 0 Å². The Labute approximate surface area is 205 Å². The predicted molar refractivity (Wildman–Crippen MR) is 120 cm³/mol. The van der Waals surface area contributed by atoms with Crippen LogP contribution in [0.5, 0.6) is 0 Å². The second-order valence-corrected chi connectivity index (χ2v) is 8.86. The zero-order valence-corrected chi connectivity index (χ0v) is 19.8. The first kappa shape index (κ1) is 25.5. The molecule has 16 heteroatoms. The Bertz CT molecular complexity index is 1050. The number of carboxylic acid groups (broad SMARTS) is 1. The first-order valence-electron chi connectivity index (χ1n) is 9.49. The van der Waals surface area contributed by atoms with E-state index < -0.39 is 47.3 Å². The summed E-state index contributed by atoms with van der Waals surface area (Å²) in [5.41, 5.74) is 1.88. The van der Waals surface area contributed by atoms with Crippen LogP contribution in [-0.2, 0) is 33.5 Å². The number of ether oxygens (including phenoxy) is 1. The van der Waals surface area contributed by atoms with Gasteiger partial charge in [-0.15, -0.1) is 34.7 Å². The van der Waals surface area contributed by atoms with Crippen molar-refractivity contribution in [3.8, 4) is 0 Å². The Morgan fingerprint density at radius 3 is 2.82 bits per heavy atom. The number of oxime groups is 1. The lowest BCUT2D eigenvalue weighted by molar-refractivity contribution is -0.150. The van der Waals surface area contributed by atoms with Crippen LogP contribution in [0.1, 0.15) is 18.8 Å². The fraction of sp³-hybridized carbons (Fsp3) is 0.389. The standard InChI is InChI=1S/C18H18ClN5O8S2/c1-8(25)31-4-9-5-34-17-13(16(28)24(17)14(9)18(29)30)22-12(27)3-21-32-15(23-11(26)2-19)10-6-33-7-20-10/h3,6-7,13,15,17H,2,4-5H2,1H3,(H,22,27)(H,23,26)(H,29,30)/t13?,15?,17-/m0/s1. The molecule has 0 radical (unpaired) electrons. The van der Waals surface area contributed by atoms with Gasteiger partial charge in [-0.1, -0.05) is 5.16 Å². The van der Waals surface area contributed by atoms with Crippen LogP contribution in [0.2, 0.25) is 0 Å². The first-order chi connectivity index (χ1) is 16.2. The van der Waals surface area contributed by atoms with Crippen molar-refractivity contribution >= 4 is 70.6 Å². The largest absolute Gasteiger partial charge is 0.477 e. The van der Waals surface area contributed by atoms with Gasteiger partial charge < -0.3 is 25.3 Å². The molecule has 182 valence electrons. The SMILES string of the molecule is CC(=O)OCC1=C(C(=O)O)N2C(=O)C(NC(=O)C=NOC(NC(=O)CCl)c3cscn3)[C@@H]2SC1. The molecule has 0 spiro atoms. The maximum atomic E-state index is 12.6. The molecule has 3 atom stereocenters. The van der Waals surface area contributed by atoms with Gasteiger partial charge in [0.05, 0.1) is 5.51 Å². The molecule has 1 fully saturated rings. The van der Waals surface area contributed by atoms with Crippen molar-refractivity contribution in [2.24, 2.45) is 5.16 Å². The Morgan fingerprint density at radius 2 is 2.21 bits per heavy atom. The quantitative estimate of drug-likeness (QED) is 0.0914. The number of rotatable bonds is 10. The molecule has 0 aromatic carbocycles. The summed E-state index contributed by atoms with van der Waals surface area (Å²) < 4.78 is 4.87. The summed E-state index contributed by atoms with van der Waals surface area (Å²) in [6.07, 6.45) is -0.300. The van der Waals surface area contributed by atoms with Crippen LogP contribution in [-0.4, -0.2) is 80.5 Å². The highest BCUT2D eigenvalue weighted by Crippen LogP contribution is 2.40. The van der Waals surface area contributed by atoms with E-state index in [0.29, 0.717) is 5.69 Å². The molecule has 3 heterocycles. The molecule has 2 aliphatic rings. The average Bonchev–Trinajstić information content (AvgIpc) is 3.34. The van der Waals surface area contributed by atoms with Crippen LogP contribution in [0.25, 0.3) is 0 Å². The molecule has 1 aromatic heterocycles. The van der Waals surface area contributed by atoms with Crippen LogP contribution >= 0.6 is 34.7 Å². The molecular weight excluding hydrogens is 514 g/mol. The predicted octanol–water partition coefficient (Wildman–Crippen LogP) is -0.199. The van der Waals surface area contributed by atoms with Crippen molar-refractivity contribution in [2.75, 3.05) is 18.2 Å². The van der Waals surface area contributed by atoms with Gasteiger partial charge in [0.2, 0.25) is 12.1 Å². The number of hydrogen-bond donors (Lipinski definition) is 3. The monoisotopic (exact) mass is 531 g/mol. The Balaban J connectivity index is 1.60. The molecule has 1 aromatic rings. The number of carbonyl (C=O) groups excluding carboxylic acids is 4. The van der Waals surface area contributed by atoms with Crippen LogP contribution in [0, 0.1) is 0 Å². The van der Waals surface area contributed by atoms with Gasteiger partial charge in [-0.25, -0.2) is 9.78 Å². The normalized spacial score (nSPS) is 20.3. The van der Waals surface area contributed by atoms with Crippen molar-refractivity contribution in [1.82, 2.24) is 20.5 Å². The highest BCUT2D eigenvalue weighted by atomic mass is 35.5. The number of thioether (sulfide) groups is 1. The molecule has 3 N–H and O–H groups in total. The molecule has 2 unspecified atom stereocenters. The number of β-lactam (4-membered cyclic amide) rings is 1. The van der Waals surface area contributed by atoms with Crippen molar-refractivity contribution in [1.29, 1.82) is 0 Å². The number of amides is 3. The summed E-state index contributed by atoms with van der Waals surface area (Å²) >= 11 is 7.95. The van der Waals surface area contributed by atoms with Crippen LogP contribution in [0.4, 0.5) is 0 Å². The molecule has 34 heavy (non-hydrogen) atoms. The fourth-order valence-corrected chi connectivity index (χ4v) is 4.97. The molecule has 1 saturated heterocycles. The molecule has 0 aliphatic carbocycles. The molecular formula is C18H18ClN5O8S2. The number of fused-ring (bicyclic) bond motifs is 1. The van der Waals surface area contributed by atoms with E-state index in [-0.39, 0.29) is 29.5 Å². The number of aliphatic carboxylic acids is 1. The number of hydrogen-bond acceptors (Lipinski definition) is 11. The smallest absolute Gasteiger partial charge is 0.352 e. The van der Waals surface area contributed by atoms with E-state index in [1.54, 1.807) is 5.38 Å². The van der Waals surface area contributed by atoms with E-state index in [9.17, 15) is 29.1 Å². The number of nitrogens with zero attached hydrogens (tertiary/aromatic N) is 3. The summed E-state index contributed by atoms with van der Waals surface area (Å²) in [4.78, 5) is 69.3. The van der Waals surface area contributed by atoms with Gasteiger partial charge in [0.25, 0.3) is 11.8 Å². The zero-order chi connectivity index (χ0) is 24.8. The number of carbonyl (C=O) groups is 5. The fourth-order valence-electron chi connectivity index (χ4n) is 3.00. The number of halogens is 1. The summed E-state index contributed by atoms with van der Waals surface area (Å²) in [7, 11) is 0. The minimum absolute atomic E-state index is 0.197. The summed E-state index contributed by atoms with van der Waals surface area (Å²) in [5.74, 6) is -3.98. The molecule has 13 nitrogen and oxygen atoms in total. The van der Waals surface area contributed by atoms with Gasteiger partial charge in [0, 0.05) is 23.6 Å². The molecule has 0 bridgehead atoms. The van der Waals surface area contributed by atoms with E-state index in [1.807, 2.05) is 0 Å². The third-order valence-electron chi connectivity index (χ3n) is 4.47. The van der Waals surface area contributed by atoms with E-state index in [2.05, 4.69) is 20.8 Å². The number of aromatic nitrogens is 1. The summed E-state index contributed by atoms with van der Waals surface area (Å²) in [5, 5.41) is 18.9. The van der Waals surface area contributed by atoms with Crippen LogP contribution in [0.3, 0.4) is 0 Å². The maximum absolute atomic E-state index is 12.6. The van der Waals surface area contributed by atoms with E-state index in [0.717, 1.165) is 11.1 Å². The van der Waals surface area contributed by atoms with E-state index in [4.69, 9.17) is 21.2 Å². The van der Waals surface area contributed by atoms with Gasteiger partial charge in [-0.3, -0.25) is 24.1 Å².